The summed E-state index contributed by atoms with van der Waals surface area (Å²) in [7, 11) is 2.12. The number of benzene rings is 1. The standard InChI is InChI=1S/C35H45N9O2/c1-24-20-27-22-41(3)33(26-8-5-4-6-9-26)31(27)32-29(24)21-37-35(39-32)38-30-11-13-44(40-30)19-16-42-14-17-43(18-15-42)25(2)34(45)46-23-28-10-7-12-36-28/h4-6,8-9,11,13,21-22,24-25,28,36H,7,10,12,14-20,23H2,1-3H3,(H,37,38,39,40)/t24-,25?,28+/m1/s1. The van der Waals surface area contributed by atoms with Crippen LogP contribution < -0.4 is 10.6 Å². The van der Waals surface area contributed by atoms with Crippen LogP contribution in [-0.4, -0.2) is 98.0 Å². The summed E-state index contributed by atoms with van der Waals surface area (Å²) in [4.78, 5) is 27.0. The Bertz CT molecular complexity index is 1650. The molecule has 0 saturated carbocycles. The second kappa shape index (κ2) is 13.4. The van der Waals surface area contributed by atoms with E-state index >= 15 is 0 Å². The van der Waals surface area contributed by atoms with E-state index in [1.165, 1.54) is 27.9 Å². The minimum absolute atomic E-state index is 0.114. The molecule has 3 atom stereocenters. The third-order valence-corrected chi connectivity index (χ3v) is 9.83. The number of hydrogen-bond donors (Lipinski definition) is 2. The highest BCUT2D eigenvalue weighted by Gasteiger charge is 2.30. The fourth-order valence-corrected chi connectivity index (χ4v) is 7.14. The Balaban J connectivity index is 0.945. The van der Waals surface area contributed by atoms with E-state index in [2.05, 4.69) is 80.5 Å². The third kappa shape index (κ3) is 6.44. The molecular weight excluding hydrogens is 578 g/mol. The van der Waals surface area contributed by atoms with Crippen LogP contribution in [0.2, 0.25) is 0 Å². The van der Waals surface area contributed by atoms with E-state index < -0.39 is 0 Å². The molecule has 0 amide bonds. The summed E-state index contributed by atoms with van der Waals surface area (Å²) < 4.78 is 9.80. The SMILES string of the molecule is CC(C(=O)OC[C@@H]1CCCN1)N1CCN(CCn2ccc(Nc3ncc4c(n3)-c3c(cn(C)c3-c3ccccc3)C[C@H]4C)n2)CC1. The molecule has 0 spiro atoms. The molecule has 11 heteroatoms. The zero-order valence-electron chi connectivity index (χ0n) is 27.2. The van der Waals surface area contributed by atoms with Crippen molar-refractivity contribution in [3.8, 4) is 22.5 Å². The summed E-state index contributed by atoms with van der Waals surface area (Å²) in [5, 5.41) is 11.5. The van der Waals surface area contributed by atoms with Crippen LogP contribution >= 0.6 is 0 Å². The molecule has 2 fully saturated rings. The average Bonchev–Trinajstić information content (AvgIpc) is 3.83. The largest absolute Gasteiger partial charge is 0.463 e. The number of ether oxygens (including phenoxy) is 1. The van der Waals surface area contributed by atoms with E-state index in [0.717, 1.165) is 76.6 Å². The number of nitrogens with zero attached hydrogens (tertiary/aromatic N) is 7. The number of fused-ring (bicyclic) bond motifs is 3. The zero-order chi connectivity index (χ0) is 31.6. The predicted molar refractivity (Wildman–Crippen MR) is 179 cm³/mol. The Kier molecular flexibility index (Phi) is 8.88. The van der Waals surface area contributed by atoms with Crippen LogP contribution in [-0.2, 0) is 29.5 Å². The van der Waals surface area contributed by atoms with Crippen molar-refractivity contribution in [1.82, 2.24) is 39.4 Å². The maximum absolute atomic E-state index is 12.6. The van der Waals surface area contributed by atoms with Crippen molar-refractivity contribution in [2.45, 2.75) is 57.7 Å². The maximum atomic E-state index is 12.6. The molecule has 2 N–H and O–H groups in total. The van der Waals surface area contributed by atoms with Gasteiger partial charge in [-0.05, 0) is 49.8 Å². The van der Waals surface area contributed by atoms with Gasteiger partial charge in [0.1, 0.15) is 12.6 Å². The fourth-order valence-electron chi connectivity index (χ4n) is 7.14. The first-order valence-electron chi connectivity index (χ1n) is 16.7. The van der Waals surface area contributed by atoms with Gasteiger partial charge in [0.15, 0.2) is 5.82 Å². The van der Waals surface area contributed by atoms with Crippen molar-refractivity contribution in [1.29, 1.82) is 0 Å². The lowest BCUT2D eigenvalue weighted by molar-refractivity contribution is -0.150. The third-order valence-electron chi connectivity index (χ3n) is 9.83. The van der Waals surface area contributed by atoms with E-state index in [1.54, 1.807) is 0 Å². The predicted octanol–water partition coefficient (Wildman–Crippen LogP) is 4.05. The molecule has 4 aromatic rings. The Hall–Kier alpha value is -4.06. The molecule has 46 heavy (non-hydrogen) atoms. The number of esters is 1. The van der Waals surface area contributed by atoms with Crippen LogP contribution in [0.1, 0.15) is 43.7 Å². The molecule has 3 aliphatic rings. The van der Waals surface area contributed by atoms with Crippen molar-refractivity contribution in [2.75, 3.05) is 51.2 Å². The van der Waals surface area contributed by atoms with Crippen LogP contribution in [0, 0.1) is 0 Å². The monoisotopic (exact) mass is 623 g/mol. The molecule has 242 valence electrons. The number of carbonyl (C=O) groups excluding carboxylic acids is 1. The van der Waals surface area contributed by atoms with E-state index in [-0.39, 0.29) is 12.0 Å². The number of piperazine rings is 1. The lowest BCUT2D eigenvalue weighted by Crippen LogP contribution is -2.52. The van der Waals surface area contributed by atoms with Crippen molar-refractivity contribution in [3.05, 3.63) is 66.1 Å². The van der Waals surface area contributed by atoms with E-state index in [1.807, 2.05) is 30.1 Å². The van der Waals surface area contributed by atoms with Gasteiger partial charge in [-0.15, -0.1) is 0 Å². The van der Waals surface area contributed by atoms with Crippen molar-refractivity contribution in [3.63, 3.8) is 0 Å². The zero-order valence-corrected chi connectivity index (χ0v) is 27.2. The number of aromatic nitrogens is 5. The van der Waals surface area contributed by atoms with Gasteiger partial charge in [0.2, 0.25) is 5.95 Å². The fraction of sp³-hybridized carbons (Fsp3) is 0.486. The van der Waals surface area contributed by atoms with Crippen LogP contribution in [0.25, 0.3) is 22.5 Å². The minimum Gasteiger partial charge on any atom is -0.463 e. The normalized spacial score (nSPS) is 20.7. The molecule has 0 radical (unpaired) electrons. The highest BCUT2D eigenvalue weighted by molar-refractivity contribution is 5.86. The molecule has 2 aliphatic heterocycles. The summed E-state index contributed by atoms with van der Waals surface area (Å²) in [6, 6.07) is 12.6. The second-order valence-corrected chi connectivity index (χ2v) is 13.0. The maximum Gasteiger partial charge on any atom is 0.323 e. The van der Waals surface area contributed by atoms with Crippen molar-refractivity contribution in [2.24, 2.45) is 7.05 Å². The average molecular weight is 624 g/mol. The molecule has 2 saturated heterocycles. The van der Waals surface area contributed by atoms with Crippen molar-refractivity contribution < 1.29 is 9.53 Å². The molecule has 3 aromatic heterocycles. The number of hydrogen-bond acceptors (Lipinski definition) is 9. The highest BCUT2D eigenvalue weighted by Crippen LogP contribution is 2.44. The Morgan fingerprint density at radius 1 is 1.13 bits per heavy atom. The van der Waals surface area contributed by atoms with E-state index in [0.29, 0.717) is 24.5 Å². The number of rotatable bonds is 10. The molecular formula is C35H45N9O2. The van der Waals surface area contributed by atoms with Gasteiger partial charge in [-0.2, -0.15) is 5.10 Å². The lowest BCUT2D eigenvalue weighted by atomic mass is 9.83. The van der Waals surface area contributed by atoms with Crippen LogP contribution in [0.4, 0.5) is 11.8 Å². The quantitative estimate of drug-likeness (QED) is 0.253. The summed E-state index contributed by atoms with van der Waals surface area (Å²) in [6.07, 6.45) is 9.44. The highest BCUT2D eigenvalue weighted by atomic mass is 16.5. The van der Waals surface area contributed by atoms with Gasteiger partial charge in [-0.1, -0.05) is 37.3 Å². The number of nitrogens with one attached hydrogen (secondary N) is 2. The van der Waals surface area contributed by atoms with E-state index in [9.17, 15) is 4.79 Å². The molecule has 7 rings (SSSR count). The topological polar surface area (TPSA) is 105 Å². The first-order valence-corrected chi connectivity index (χ1v) is 16.7. The lowest BCUT2D eigenvalue weighted by Gasteiger charge is -2.37. The Morgan fingerprint density at radius 3 is 2.74 bits per heavy atom. The summed E-state index contributed by atoms with van der Waals surface area (Å²) in [6.45, 7) is 10.9. The smallest absolute Gasteiger partial charge is 0.323 e. The first kappa shape index (κ1) is 30.6. The van der Waals surface area contributed by atoms with Crippen molar-refractivity contribution >= 4 is 17.7 Å². The van der Waals surface area contributed by atoms with Gasteiger partial charge in [0.05, 0.1) is 17.9 Å². The molecule has 0 bridgehead atoms. The molecule has 11 nitrogen and oxygen atoms in total. The van der Waals surface area contributed by atoms with Gasteiger partial charge in [0, 0.05) is 81.6 Å². The van der Waals surface area contributed by atoms with Crippen LogP contribution in [0.3, 0.4) is 0 Å². The minimum atomic E-state index is -0.212. The molecule has 5 heterocycles. The summed E-state index contributed by atoms with van der Waals surface area (Å²) >= 11 is 0. The van der Waals surface area contributed by atoms with Crippen LogP contribution in [0.15, 0.2) is 55.0 Å². The molecule has 1 aromatic carbocycles. The number of aryl methyl sites for hydroxylation is 1. The van der Waals surface area contributed by atoms with Gasteiger partial charge >= 0.3 is 5.97 Å². The molecule has 1 unspecified atom stereocenters. The van der Waals surface area contributed by atoms with Gasteiger partial charge < -0.3 is 19.9 Å². The van der Waals surface area contributed by atoms with E-state index in [4.69, 9.17) is 14.8 Å². The van der Waals surface area contributed by atoms with Gasteiger partial charge in [0.25, 0.3) is 0 Å². The summed E-state index contributed by atoms with van der Waals surface area (Å²) in [5.74, 6) is 1.51. The Labute approximate surface area is 271 Å². The van der Waals surface area contributed by atoms with Gasteiger partial charge in [-0.25, -0.2) is 9.97 Å². The second-order valence-electron chi connectivity index (χ2n) is 13.0. The van der Waals surface area contributed by atoms with Gasteiger partial charge in [-0.3, -0.25) is 19.3 Å². The Morgan fingerprint density at radius 2 is 1.96 bits per heavy atom. The summed E-state index contributed by atoms with van der Waals surface area (Å²) in [5.41, 5.74) is 7.07. The van der Waals surface area contributed by atoms with Crippen LogP contribution in [0.5, 0.6) is 0 Å². The molecule has 1 aliphatic carbocycles. The first-order chi connectivity index (χ1) is 22.4. The number of carbonyl (C=O) groups is 1. The number of anilines is 2.